The Morgan fingerprint density at radius 2 is 2.00 bits per heavy atom. The molecule has 1 fully saturated rings. The van der Waals surface area contributed by atoms with Gasteiger partial charge in [0.15, 0.2) is 4.77 Å². The van der Waals surface area contributed by atoms with Crippen LogP contribution in [0.2, 0.25) is 0 Å². The molecule has 90 valence electrons. The van der Waals surface area contributed by atoms with Gasteiger partial charge < -0.3 is 0 Å². The molecule has 0 radical (unpaired) electrons. The topological polar surface area (TPSA) is 53.6 Å². The van der Waals surface area contributed by atoms with Crippen molar-refractivity contribution in [2.45, 2.75) is 51.5 Å². The van der Waals surface area contributed by atoms with Crippen molar-refractivity contribution in [3.63, 3.8) is 0 Å². The lowest BCUT2D eigenvalue weighted by Crippen LogP contribution is -2.26. The smallest absolute Gasteiger partial charge is 0.272 e. The van der Waals surface area contributed by atoms with Crippen molar-refractivity contribution in [2.24, 2.45) is 5.92 Å². The monoisotopic (exact) mass is 241 g/mol. The Kier molecular flexibility index (Phi) is 3.63. The van der Waals surface area contributed by atoms with Crippen LogP contribution >= 0.6 is 12.2 Å². The molecule has 5 heteroatoms. The van der Waals surface area contributed by atoms with Gasteiger partial charge >= 0.3 is 5.69 Å². The van der Waals surface area contributed by atoms with Crippen LogP contribution in [-0.4, -0.2) is 14.8 Å². The Bertz CT molecular complexity index is 409. The Hall–Kier alpha value is -0.840. The fourth-order valence-electron chi connectivity index (χ4n) is 2.75. The van der Waals surface area contributed by atoms with Gasteiger partial charge in [-0.05, 0) is 43.8 Å². The average molecular weight is 241 g/mol. The van der Waals surface area contributed by atoms with Crippen LogP contribution in [-0.2, 0) is 0 Å². The number of nitrogens with one attached hydrogen (secondary N) is 2. The molecule has 0 aromatic carbocycles. The van der Waals surface area contributed by atoms with Crippen LogP contribution in [0.3, 0.4) is 0 Å². The fraction of sp³-hybridized carbons (Fsp3) is 0.818. The summed E-state index contributed by atoms with van der Waals surface area (Å²) in [5.41, 5.74) is -0.0936. The summed E-state index contributed by atoms with van der Waals surface area (Å²) in [4.78, 5) is 11.6. The SMILES string of the molecule is CCCC1CCC(n2c(=O)[nH][nH]c2=S)CC1. The lowest BCUT2D eigenvalue weighted by molar-refractivity contribution is 0.258. The summed E-state index contributed by atoms with van der Waals surface area (Å²) < 4.78 is 2.24. The van der Waals surface area contributed by atoms with Crippen LogP contribution in [0.15, 0.2) is 4.79 Å². The van der Waals surface area contributed by atoms with Crippen LogP contribution in [0.1, 0.15) is 51.5 Å². The van der Waals surface area contributed by atoms with Crippen LogP contribution in [0.5, 0.6) is 0 Å². The Labute approximate surface area is 100 Å². The normalized spacial score (nSPS) is 25.8. The van der Waals surface area contributed by atoms with E-state index in [9.17, 15) is 4.79 Å². The van der Waals surface area contributed by atoms with Crippen molar-refractivity contribution in [3.05, 3.63) is 15.3 Å². The molecular weight excluding hydrogens is 222 g/mol. The van der Waals surface area contributed by atoms with Crippen molar-refractivity contribution >= 4 is 12.2 Å². The maximum absolute atomic E-state index is 11.6. The summed E-state index contributed by atoms with van der Waals surface area (Å²) >= 11 is 5.11. The third-order valence-corrected chi connectivity index (χ3v) is 3.89. The number of hydrogen-bond donors (Lipinski definition) is 2. The summed E-state index contributed by atoms with van der Waals surface area (Å²) in [5.74, 6) is 0.855. The van der Waals surface area contributed by atoms with Crippen molar-refractivity contribution in [2.75, 3.05) is 0 Å². The summed E-state index contributed by atoms with van der Waals surface area (Å²) in [6, 6.07) is 0.301. The Balaban J connectivity index is 2.05. The first kappa shape index (κ1) is 11.6. The highest BCUT2D eigenvalue weighted by atomic mass is 32.1. The van der Waals surface area contributed by atoms with E-state index in [1.807, 2.05) is 0 Å². The van der Waals surface area contributed by atoms with Crippen molar-refractivity contribution in [1.29, 1.82) is 0 Å². The molecule has 1 aromatic rings. The Morgan fingerprint density at radius 1 is 1.31 bits per heavy atom. The van der Waals surface area contributed by atoms with E-state index in [0.717, 1.165) is 18.8 Å². The predicted octanol–water partition coefficient (Wildman–Crippen LogP) is 2.77. The molecule has 0 amide bonds. The first-order valence-electron chi connectivity index (χ1n) is 6.11. The molecule has 1 saturated carbocycles. The predicted molar refractivity (Wildman–Crippen MR) is 66.1 cm³/mol. The van der Waals surface area contributed by atoms with Crippen molar-refractivity contribution in [3.8, 4) is 0 Å². The maximum atomic E-state index is 11.6. The average Bonchev–Trinajstić information content (AvgIpc) is 2.61. The minimum Gasteiger partial charge on any atom is -0.272 e. The van der Waals surface area contributed by atoms with Crippen LogP contribution < -0.4 is 5.69 Å². The van der Waals surface area contributed by atoms with Gasteiger partial charge in [0, 0.05) is 6.04 Å². The molecule has 2 N–H and O–H groups in total. The molecule has 1 heterocycles. The second-order valence-electron chi connectivity index (χ2n) is 4.69. The number of aromatic amines is 2. The molecule has 1 aromatic heterocycles. The molecule has 16 heavy (non-hydrogen) atoms. The molecule has 0 spiro atoms. The highest BCUT2D eigenvalue weighted by Gasteiger charge is 2.23. The second-order valence-corrected chi connectivity index (χ2v) is 5.08. The summed E-state index contributed by atoms with van der Waals surface area (Å²) in [6.07, 6.45) is 7.21. The molecule has 0 bridgehead atoms. The molecule has 0 atom stereocenters. The van der Waals surface area contributed by atoms with Gasteiger partial charge in [0.1, 0.15) is 0 Å². The van der Waals surface area contributed by atoms with E-state index in [-0.39, 0.29) is 5.69 Å². The molecule has 0 saturated heterocycles. The molecule has 0 unspecified atom stereocenters. The third-order valence-electron chi connectivity index (χ3n) is 3.59. The quantitative estimate of drug-likeness (QED) is 0.799. The highest BCUT2D eigenvalue weighted by molar-refractivity contribution is 7.71. The van der Waals surface area contributed by atoms with Gasteiger partial charge in [-0.2, -0.15) is 0 Å². The molecule has 0 aliphatic heterocycles. The van der Waals surface area contributed by atoms with Gasteiger partial charge in [-0.25, -0.2) is 9.89 Å². The Morgan fingerprint density at radius 3 is 2.50 bits per heavy atom. The number of aromatic nitrogens is 3. The van der Waals surface area contributed by atoms with Gasteiger partial charge in [-0.1, -0.05) is 19.8 Å². The van der Waals surface area contributed by atoms with E-state index in [1.54, 1.807) is 4.57 Å². The minimum absolute atomic E-state index is 0.0936. The lowest BCUT2D eigenvalue weighted by atomic mass is 9.83. The van der Waals surface area contributed by atoms with Gasteiger partial charge in [-0.15, -0.1) is 0 Å². The van der Waals surface area contributed by atoms with Gasteiger partial charge in [-0.3, -0.25) is 9.67 Å². The molecule has 1 aliphatic rings. The van der Waals surface area contributed by atoms with E-state index in [0.29, 0.717) is 10.8 Å². The van der Waals surface area contributed by atoms with E-state index in [1.165, 1.54) is 25.7 Å². The van der Waals surface area contributed by atoms with Gasteiger partial charge in [0.2, 0.25) is 0 Å². The standard InChI is InChI=1S/C11H19N3OS/c1-2-3-8-4-6-9(7-5-8)14-10(15)12-13-11(14)16/h8-9H,2-7H2,1H3,(H,12,15)(H,13,16). The van der Waals surface area contributed by atoms with Crippen LogP contribution in [0, 0.1) is 10.7 Å². The molecular formula is C11H19N3OS. The minimum atomic E-state index is -0.0936. The van der Waals surface area contributed by atoms with E-state index < -0.39 is 0 Å². The van der Waals surface area contributed by atoms with E-state index in [2.05, 4.69) is 17.1 Å². The largest absolute Gasteiger partial charge is 0.342 e. The van der Waals surface area contributed by atoms with Gasteiger partial charge in [0.25, 0.3) is 0 Å². The summed E-state index contributed by atoms with van der Waals surface area (Å²) in [7, 11) is 0. The summed E-state index contributed by atoms with van der Waals surface area (Å²) in [6.45, 7) is 2.24. The molecule has 1 aliphatic carbocycles. The first-order chi connectivity index (χ1) is 7.72. The zero-order valence-electron chi connectivity index (χ0n) is 9.66. The number of rotatable bonds is 3. The number of hydrogen-bond acceptors (Lipinski definition) is 2. The van der Waals surface area contributed by atoms with Gasteiger partial charge in [0.05, 0.1) is 0 Å². The fourth-order valence-corrected chi connectivity index (χ4v) is 3.03. The second kappa shape index (κ2) is 4.99. The van der Waals surface area contributed by atoms with Crippen molar-refractivity contribution < 1.29 is 0 Å². The summed E-state index contributed by atoms with van der Waals surface area (Å²) in [5, 5.41) is 5.26. The maximum Gasteiger partial charge on any atom is 0.342 e. The number of nitrogens with zero attached hydrogens (tertiary/aromatic N) is 1. The highest BCUT2D eigenvalue weighted by Crippen LogP contribution is 2.33. The van der Waals surface area contributed by atoms with Crippen molar-refractivity contribution in [1.82, 2.24) is 14.8 Å². The van der Waals surface area contributed by atoms with Crippen LogP contribution in [0.25, 0.3) is 0 Å². The first-order valence-corrected chi connectivity index (χ1v) is 6.52. The van der Waals surface area contributed by atoms with E-state index >= 15 is 0 Å². The molecule has 2 rings (SSSR count). The third kappa shape index (κ3) is 2.29. The zero-order chi connectivity index (χ0) is 11.5. The lowest BCUT2D eigenvalue weighted by Gasteiger charge is -2.28. The zero-order valence-corrected chi connectivity index (χ0v) is 10.5. The molecule has 4 nitrogen and oxygen atoms in total. The van der Waals surface area contributed by atoms with E-state index in [4.69, 9.17) is 12.2 Å². The number of H-pyrrole nitrogens is 2. The van der Waals surface area contributed by atoms with Crippen LogP contribution in [0.4, 0.5) is 0 Å².